The number of carbonyl (C=O) groups excluding carboxylic acids is 1. The number of nitrogens with one attached hydrogen (secondary N) is 1. The summed E-state index contributed by atoms with van der Waals surface area (Å²) in [5.41, 5.74) is 5.95. The lowest BCUT2D eigenvalue weighted by molar-refractivity contribution is 0.0951. The van der Waals surface area contributed by atoms with Crippen LogP contribution in [0.5, 0.6) is 5.75 Å². The lowest BCUT2D eigenvalue weighted by Crippen LogP contribution is -2.22. The van der Waals surface area contributed by atoms with E-state index in [4.69, 9.17) is 9.73 Å². The number of benzene rings is 3. The third-order valence-electron chi connectivity index (χ3n) is 5.50. The Morgan fingerprint density at radius 3 is 2.69 bits per heavy atom. The van der Waals surface area contributed by atoms with Gasteiger partial charge >= 0.3 is 0 Å². The Balaban J connectivity index is 1.41. The van der Waals surface area contributed by atoms with Gasteiger partial charge in [-0.3, -0.25) is 9.79 Å². The number of para-hydroxylation sites is 1. The molecule has 1 heterocycles. The molecule has 1 aliphatic heterocycles. The number of rotatable bonds is 6. The van der Waals surface area contributed by atoms with Crippen LogP contribution in [0.15, 0.2) is 83.9 Å². The smallest absolute Gasteiger partial charge is 0.251 e. The minimum Gasteiger partial charge on any atom is -0.497 e. The molecule has 5 nitrogen and oxygen atoms in total. The molecule has 1 amide bonds. The average Bonchev–Trinajstić information content (AvgIpc) is 3.00. The molecule has 1 N–H and O–H groups in total. The molecule has 0 saturated carbocycles. The second-order valence-electron chi connectivity index (χ2n) is 7.70. The fourth-order valence-corrected chi connectivity index (χ4v) is 3.68. The van der Waals surface area contributed by atoms with Gasteiger partial charge in [0, 0.05) is 37.0 Å². The summed E-state index contributed by atoms with van der Waals surface area (Å²) in [6.45, 7) is 2.11. The number of ether oxygens (including phenoxy) is 1. The molecule has 0 bridgehead atoms. The van der Waals surface area contributed by atoms with Gasteiger partial charge in [-0.25, -0.2) is 0 Å². The number of carbonyl (C=O) groups is 1. The van der Waals surface area contributed by atoms with Gasteiger partial charge in [-0.05, 0) is 47.5 Å². The molecule has 0 atom stereocenters. The standard InChI is InChI=1S/C27H27N3O2/c1-30-17-16-28-25(24-8-3-4-9-26(24)30)15-12-20-10-13-22(14-11-20)27(31)29-19-21-6-5-7-23(18-21)32-2/h3-15,18H,16-17,19H2,1-2H3,(H,29,31)/b15-12+. The summed E-state index contributed by atoms with van der Waals surface area (Å²) in [7, 11) is 3.73. The van der Waals surface area contributed by atoms with E-state index in [0.29, 0.717) is 12.1 Å². The van der Waals surface area contributed by atoms with Crippen LogP contribution in [0.1, 0.15) is 27.0 Å². The quantitative estimate of drug-likeness (QED) is 0.629. The highest BCUT2D eigenvalue weighted by Gasteiger charge is 2.13. The van der Waals surface area contributed by atoms with Crippen LogP contribution < -0.4 is 15.0 Å². The number of hydrogen-bond donors (Lipinski definition) is 1. The summed E-state index contributed by atoms with van der Waals surface area (Å²) in [6, 6.07) is 23.6. The minimum absolute atomic E-state index is 0.103. The highest BCUT2D eigenvalue weighted by atomic mass is 16.5. The van der Waals surface area contributed by atoms with E-state index >= 15 is 0 Å². The minimum atomic E-state index is -0.103. The number of anilines is 1. The van der Waals surface area contributed by atoms with Crippen LogP contribution in [0.3, 0.4) is 0 Å². The molecule has 3 aromatic rings. The Morgan fingerprint density at radius 2 is 1.88 bits per heavy atom. The van der Waals surface area contributed by atoms with Crippen molar-refractivity contribution in [3.05, 3.63) is 101 Å². The molecule has 3 aromatic carbocycles. The van der Waals surface area contributed by atoms with Gasteiger partial charge in [0.15, 0.2) is 0 Å². The Bertz CT molecular complexity index is 1150. The van der Waals surface area contributed by atoms with E-state index in [1.165, 1.54) is 5.69 Å². The van der Waals surface area contributed by atoms with Crippen LogP contribution in [-0.2, 0) is 6.54 Å². The van der Waals surface area contributed by atoms with E-state index in [1.54, 1.807) is 7.11 Å². The number of allylic oxidation sites excluding steroid dienone is 1. The highest BCUT2D eigenvalue weighted by molar-refractivity contribution is 6.14. The number of benzodiazepines with no additional fused rings is 1. The largest absolute Gasteiger partial charge is 0.497 e. The molecule has 0 aliphatic carbocycles. The molecule has 0 spiro atoms. The van der Waals surface area contributed by atoms with Crippen molar-refractivity contribution in [3.8, 4) is 5.75 Å². The number of aliphatic imine (C=N–C) groups is 1. The van der Waals surface area contributed by atoms with Gasteiger partial charge in [0.25, 0.3) is 5.91 Å². The maximum atomic E-state index is 12.5. The van der Waals surface area contributed by atoms with Crippen molar-refractivity contribution in [2.75, 3.05) is 32.1 Å². The Labute approximate surface area is 189 Å². The van der Waals surface area contributed by atoms with Crippen molar-refractivity contribution < 1.29 is 9.53 Å². The topological polar surface area (TPSA) is 53.9 Å². The zero-order chi connectivity index (χ0) is 22.3. The van der Waals surface area contributed by atoms with Gasteiger partial charge in [0.2, 0.25) is 0 Å². The number of nitrogens with zero attached hydrogens (tertiary/aromatic N) is 2. The predicted molar refractivity (Wildman–Crippen MR) is 131 cm³/mol. The molecule has 162 valence electrons. The molecule has 1 aliphatic rings. The van der Waals surface area contributed by atoms with Crippen molar-refractivity contribution in [1.82, 2.24) is 5.32 Å². The molecule has 0 aromatic heterocycles. The zero-order valence-electron chi connectivity index (χ0n) is 18.4. The highest BCUT2D eigenvalue weighted by Crippen LogP contribution is 2.23. The van der Waals surface area contributed by atoms with Crippen LogP contribution >= 0.6 is 0 Å². The number of likely N-dealkylation sites (N-methyl/N-ethyl adjacent to an activating group) is 1. The molecule has 4 rings (SSSR count). The lowest BCUT2D eigenvalue weighted by atomic mass is 10.0. The van der Waals surface area contributed by atoms with E-state index in [-0.39, 0.29) is 5.91 Å². The summed E-state index contributed by atoms with van der Waals surface area (Å²) in [5.74, 6) is 0.675. The second-order valence-corrected chi connectivity index (χ2v) is 7.70. The van der Waals surface area contributed by atoms with Crippen LogP contribution in [0.25, 0.3) is 6.08 Å². The van der Waals surface area contributed by atoms with Gasteiger partial charge in [-0.1, -0.05) is 48.5 Å². The van der Waals surface area contributed by atoms with Gasteiger partial charge < -0.3 is 15.0 Å². The van der Waals surface area contributed by atoms with E-state index < -0.39 is 0 Å². The fourth-order valence-electron chi connectivity index (χ4n) is 3.68. The maximum absolute atomic E-state index is 12.5. The Kier molecular flexibility index (Phi) is 6.66. The third-order valence-corrected chi connectivity index (χ3v) is 5.50. The number of hydrogen-bond acceptors (Lipinski definition) is 4. The Hall–Kier alpha value is -3.86. The lowest BCUT2D eigenvalue weighted by Gasteiger charge is -2.18. The van der Waals surface area contributed by atoms with Crippen LogP contribution in [0.2, 0.25) is 0 Å². The maximum Gasteiger partial charge on any atom is 0.251 e. The van der Waals surface area contributed by atoms with Gasteiger partial charge in [0.1, 0.15) is 5.75 Å². The monoisotopic (exact) mass is 425 g/mol. The molecule has 5 heteroatoms. The number of amides is 1. The molecule has 0 fully saturated rings. The van der Waals surface area contributed by atoms with E-state index in [1.807, 2.05) is 60.7 Å². The van der Waals surface area contributed by atoms with Gasteiger partial charge in [-0.15, -0.1) is 0 Å². The first-order valence-corrected chi connectivity index (χ1v) is 10.7. The molecule has 0 saturated heterocycles. The first kappa shape index (κ1) is 21.4. The van der Waals surface area contributed by atoms with Crippen LogP contribution in [0.4, 0.5) is 5.69 Å². The van der Waals surface area contributed by atoms with Gasteiger partial charge in [-0.2, -0.15) is 0 Å². The van der Waals surface area contributed by atoms with Crippen molar-refractivity contribution in [3.63, 3.8) is 0 Å². The second kappa shape index (κ2) is 9.96. The van der Waals surface area contributed by atoms with Crippen molar-refractivity contribution in [2.45, 2.75) is 6.54 Å². The summed E-state index contributed by atoms with van der Waals surface area (Å²) >= 11 is 0. The molecule has 0 unspecified atom stereocenters. The number of methoxy groups -OCH3 is 1. The SMILES string of the molecule is COc1cccc(CNC(=O)c2ccc(/C=C/C3=NCCN(C)c4ccccc43)cc2)c1. The predicted octanol–water partition coefficient (Wildman–Crippen LogP) is 4.58. The molecular formula is C27H27N3O2. The summed E-state index contributed by atoms with van der Waals surface area (Å²) in [6.07, 6.45) is 4.09. The summed E-state index contributed by atoms with van der Waals surface area (Å²) in [5, 5.41) is 2.96. The summed E-state index contributed by atoms with van der Waals surface area (Å²) in [4.78, 5) is 19.5. The van der Waals surface area contributed by atoms with E-state index in [0.717, 1.165) is 41.2 Å². The van der Waals surface area contributed by atoms with Crippen molar-refractivity contribution in [2.24, 2.45) is 4.99 Å². The summed E-state index contributed by atoms with van der Waals surface area (Å²) < 4.78 is 5.23. The third kappa shape index (κ3) is 5.06. The first-order chi connectivity index (χ1) is 15.6. The van der Waals surface area contributed by atoms with Crippen LogP contribution in [-0.4, -0.2) is 38.9 Å². The van der Waals surface area contributed by atoms with Crippen molar-refractivity contribution >= 4 is 23.4 Å². The first-order valence-electron chi connectivity index (χ1n) is 10.7. The fraction of sp³-hybridized carbons (Fsp3) is 0.185. The molecular weight excluding hydrogens is 398 g/mol. The molecule has 32 heavy (non-hydrogen) atoms. The average molecular weight is 426 g/mol. The van der Waals surface area contributed by atoms with Crippen molar-refractivity contribution in [1.29, 1.82) is 0 Å². The number of fused-ring (bicyclic) bond motifs is 1. The normalized spacial score (nSPS) is 13.3. The zero-order valence-corrected chi connectivity index (χ0v) is 18.4. The van der Waals surface area contributed by atoms with E-state index in [2.05, 4.69) is 41.5 Å². The molecule has 0 radical (unpaired) electrons. The van der Waals surface area contributed by atoms with Gasteiger partial charge in [0.05, 0.1) is 19.4 Å². The van der Waals surface area contributed by atoms with E-state index in [9.17, 15) is 4.79 Å². The Morgan fingerprint density at radius 1 is 1.06 bits per heavy atom. The van der Waals surface area contributed by atoms with Crippen LogP contribution in [0, 0.1) is 0 Å².